The number of aliphatic hydroxyl groups excluding tert-OH is 1. The quantitative estimate of drug-likeness (QED) is 0.0222. The summed E-state index contributed by atoms with van der Waals surface area (Å²) in [5.74, 6) is 1.07. The van der Waals surface area contributed by atoms with Crippen LogP contribution in [0.5, 0.6) is 0 Å². The van der Waals surface area contributed by atoms with E-state index in [1.54, 1.807) is 0 Å². The Hall–Kier alpha value is -1.94. The summed E-state index contributed by atoms with van der Waals surface area (Å²) >= 11 is 0. The highest BCUT2D eigenvalue weighted by Crippen LogP contribution is 2.45. The van der Waals surface area contributed by atoms with Gasteiger partial charge in [0.2, 0.25) is 0 Å². The van der Waals surface area contributed by atoms with Crippen molar-refractivity contribution in [3.05, 3.63) is 0 Å². The zero-order chi connectivity index (χ0) is 77.4. The van der Waals surface area contributed by atoms with E-state index in [1.807, 2.05) is 0 Å². The lowest BCUT2D eigenvalue weighted by molar-refractivity contribution is -0.161. The normalized spacial score (nSPS) is 14.4. The van der Waals surface area contributed by atoms with Crippen LogP contribution in [0.25, 0.3) is 0 Å². The zero-order valence-electron chi connectivity index (χ0n) is 69.4. The van der Waals surface area contributed by atoms with Crippen LogP contribution in [0.1, 0.15) is 447 Å². The second-order valence-electron chi connectivity index (χ2n) is 32.4. The van der Waals surface area contributed by atoms with Gasteiger partial charge in [0.15, 0.2) is 12.2 Å². The first kappa shape index (κ1) is 103. The molecule has 0 spiro atoms. The molecule has 0 aromatic carbocycles. The van der Waals surface area contributed by atoms with Crippen LogP contribution in [0.4, 0.5) is 0 Å². The molecule has 7 atom stereocenters. The second kappa shape index (κ2) is 74.8. The molecule has 0 saturated heterocycles. The molecule has 17 nitrogen and oxygen atoms in total. The van der Waals surface area contributed by atoms with E-state index in [1.165, 1.54) is 244 Å². The van der Waals surface area contributed by atoms with Crippen LogP contribution in [-0.4, -0.2) is 96.7 Å². The molecule has 105 heavy (non-hydrogen) atoms. The third-order valence-corrected chi connectivity index (χ3v) is 22.7. The number of rotatable bonds is 83. The molecule has 0 fully saturated rings. The Morgan fingerprint density at radius 1 is 0.267 bits per heavy atom. The highest BCUT2D eigenvalue weighted by Gasteiger charge is 2.31. The zero-order valence-corrected chi connectivity index (χ0v) is 71.2. The number of unbranched alkanes of at least 4 members (excludes halogenated alkanes) is 47. The predicted molar refractivity (Wildman–Crippen MR) is 432 cm³/mol. The van der Waals surface area contributed by atoms with Crippen molar-refractivity contribution in [1.82, 2.24) is 0 Å². The second-order valence-corrected chi connectivity index (χ2v) is 35.3. The third kappa shape index (κ3) is 77.2. The molecular formula is C86H168O17P2. The molecule has 4 unspecified atom stereocenters. The van der Waals surface area contributed by atoms with Crippen LogP contribution in [0.15, 0.2) is 0 Å². The smallest absolute Gasteiger partial charge is 0.462 e. The summed E-state index contributed by atoms with van der Waals surface area (Å²) in [6.07, 6.45) is 63.9. The molecule has 0 aliphatic rings. The molecule has 0 amide bonds. The SMILES string of the molecule is CCC(C)CCCCCCCCCCCCCCCCCCCCC(=O)O[C@H](COC(=O)CCCCCCCCC(C)CC)COP(=O)(O)OC[C@H](O)COP(=O)(O)OC[C@@H](COC(=O)CCCCCCCCCCCCCC(C)C)OC(=O)CCCCCCCCCCCCCCCCCCC(C)C. The molecule has 0 radical (unpaired) electrons. The van der Waals surface area contributed by atoms with E-state index in [0.29, 0.717) is 25.7 Å². The summed E-state index contributed by atoms with van der Waals surface area (Å²) < 4.78 is 68.9. The predicted octanol–water partition coefficient (Wildman–Crippen LogP) is 25.9. The molecule has 624 valence electrons. The van der Waals surface area contributed by atoms with Crippen molar-refractivity contribution in [1.29, 1.82) is 0 Å². The van der Waals surface area contributed by atoms with Gasteiger partial charge in [0.25, 0.3) is 0 Å². The Morgan fingerprint density at radius 3 is 0.676 bits per heavy atom. The Labute approximate surface area is 645 Å². The van der Waals surface area contributed by atoms with E-state index >= 15 is 0 Å². The van der Waals surface area contributed by atoms with Gasteiger partial charge in [-0.2, -0.15) is 0 Å². The van der Waals surface area contributed by atoms with Gasteiger partial charge in [0, 0.05) is 25.7 Å². The fraction of sp³-hybridized carbons (Fsp3) is 0.953. The summed E-state index contributed by atoms with van der Waals surface area (Å²) in [5.41, 5.74) is 0. The molecule has 0 aliphatic heterocycles. The van der Waals surface area contributed by atoms with E-state index in [0.717, 1.165) is 120 Å². The maximum absolute atomic E-state index is 13.1. The summed E-state index contributed by atoms with van der Waals surface area (Å²) in [4.78, 5) is 73.2. The van der Waals surface area contributed by atoms with Gasteiger partial charge >= 0.3 is 39.5 Å². The van der Waals surface area contributed by atoms with Crippen molar-refractivity contribution >= 4 is 39.5 Å². The number of hydrogen-bond acceptors (Lipinski definition) is 15. The number of aliphatic hydroxyl groups is 1. The van der Waals surface area contributed by atoms with E-state index in [9.17, 15) is 43.2 Å². The molecule has 0 aromatic heterocycles. The van der Waals surface area contributed by atoms with Gasteiger partial charge in [-0.05, 0) is 49.4 Å². The van der Waals surface area contributed by atoms with Crippen LogP contribution >= 0.6 is 15.6 Å². The summed E-state index contributed by atoms with van der Waals surface area (Å²) in [6, 6.07) is 0. The highest BCUT2D eigenvalue weighted by molar-refractivity contribution is 7.47. The van der Waals surface area contributed by atoms with Gasteiger partial charge in [0.05, 0.1) is 26.4 Å². The van der Waals surface area contributed by atoms with E-state index in [-0.39, 0.29) is 25.7 Å². The van der Waals surface area contributed by atoms with Gasteiger partial charge in [-0.15, -0.1) is 0 Å². The first-order chi connectivity index (χ1) is 50.7. The fourth-order valence-corrected chi connectivity index (χ4v) is 14.8. The first-order valence-electron chi connectivity index (χ1n) is 44.3. The molecule has 0 aromatic rings. The van der Waals surface area contributed by atoms with Crippen LogP contribution in [-0.2, 0) is 65.4 Å². The number of carbonyl (C=O) groups is 4. The monoisotopic (exact) mass is 1540 g/mol. The molecule has 3 N–H and O–H groups in total. The van der Waals surface area contributed by atoms with Crippen molar-refractivity contribution in [3.8, 4) is 0 Å². The van der Waals surface area contributed by atoms with Gasteiger partial charge < -0.3 is 33.8 Å². The van der Waals surface area contributed by atoms with Crippen molar-refractivity contribution in [3.63, 3.8) is 0 Å². The minimum absolute atomic E-state index is 0.107. The van der Waals surface area contributed by atoms with Crippen molar-refractivity contribution < 1.29 is 80.2 Å². The molecule has 0 rings (SSSR count). The van der Waals surface area contributed by atoms with Gasteiger partial charge in [0.1, 0.15) is 19.3 Å². The Morgan fingerprint density at radius 2 is 0.457 bits per heavy atom. The first-order valence-corrected chi connectivity index (χ1v) is 47.3. The lowest BCUT2D eigenvalue weighted by atomic mass is 9.99. The van der Waals surface area contributed by atoms with Crippen LogP contribution in [0, 0.1) is 23.7 Å². The minimum Gasteiger partial charge on any atom is -0.462 e. The minimum atomic E-state index is -4.97. The van der Waals surface area contributed by atoms with E-state index in [4.69, 9.17) is 37.0 Å². The van der Waals surface area contributed by atoms with Gasteiger partial charge in [-0.25, -0.2) is 9.13 Å². The number of hydrogen-bond donors (Lipinski definition) is 3. The standard InChI is InChI=1S/C86H168O17P2/c1-9-78(7)64-56-48-40-34-28-22-18-13-11-12-14-19-23-29-36-42-52-61-69-86(91)103-82(73-97-84(89)67-59-51-45-44-49-57-65-79(8)10-2)75-101-105(94,95)99-71-80(87)70-98-104(92,93)100-74-81(72-96-83(88)66-58-50-41-35-31-25-27-33-39-47-55-63-77(5)6)102-85(90)68-60-53-43-37-30-24-20-16-15-17-21-26-32-38-46-54-62-76(3)4/h76-82,87H,9-75H2,1-8H3,(H,92,93)(H,94,95)/t78?,79?,80-,81-,82-/m1/s1. The van der Waals surface area contributed by atoms with E-state index in [2.05, 4.69) is 55.4 Å². The lowest BCUT2D eigenvalue weighted by Crippen LogP contribution is -2.30. The van der Waals surface area contributed by atoms with Crippen molar-refractivity contribution in [2.45, 2.75) is 465 Å². The lowest BCUT2D eigenvalue weighted by Gasteiger charge is -2.21. The molecule has 0 bridgehead atoms. The topological polar surface area (TPSA) is 237 Å². The number of ether oxygens (including phenoxy) is 4. The van der Waals surface area contributed by atoms with Crippen molar-refractivity contribution in [2.75, 3.05) is 39.6 Å². The van der Waals surface area contributed by atoms with Crippen LogP contribution < -0.4 is 0 Å². The number of carbonyl (C=O) groups excluding carboxylic acids is 4. The Balaban J connectivity index is 5.20. The molecule has 0 heterocycles. The number of phosphoric ester groups is 2. The molecular weight excluding hydrogens is 1370 g/mol. The van der Waals surface area contributed by atoms with Crippen LogP contribution in [0.2, 0.25) is 0 Å². The summed E-state index contributed by atoms with van der Waals surface area (Å²) in [5, 5.41) is 10.7. The molecule has 19 heteroatoms. The Kier molecular flexibility index (Phi) is 73.4. The highest BCUT2D eigenvalue weighted by atomic mass is 31.2. The average molecular weight is 1540 g/mol. The van der Waals surface area contributed by atoms with Gasteiger partial charge in [-0.1, -0.05) is 396 Å². The number of phosphoric acid groups is 2. The van der Waals surface area contributed by atoms with Gasteiger partial charge in [-0.3, -0.25) is 37.3 Å². The summed E-state index contributed by atoms with van der Waals surface area (Å²) in [7, 11) is -9.93. The molecule has 0 saturated carbocycles. The maximum Gasteiger partial charge on any atom is 0.472 e. The fourth-order valence-electron chi connectivity index (χ4n) is 13.3. The average Bonchev–Trinajstić information content (AvgIpc) is 0.902. The third-order valence-electron chi connectivity index (χ3n) is 20.8. The summed E-state index contributed by atoms with van der Waals surface area (Å²) in [6.45, 7) is 14.3. The Bertz CT molecular complexity index is 2050. The van der Waals surface area contributed by atoms with Crippen molar-refractivity contribution in [2.24, 2.45) is 23.7 Å². The molecule has 0 aliphatic carbocycles. The largest absolute Gasteiger partial charge is 0.472 e. The maximum atomic E-state index is 13.1. The number of esters is 4. The van der Waals surface area contributed by atoms with E-state index < -0.39 is 97.5 Å². The van der Waals surface area contributed by atoms with Crippen LogP contribution in [0.3, 0.4) is 0 Å².